The predicted octanol–water partition coefficient (Wildman–Crippen LogP) is 1.12. The first-order valence-corrected chi connectivity index (χ1v) is 8.21. The van der Waals surface area contributed by atoms with E-state index in [-0.39, 0.29) is 13.2 Å². The van der Waals surface area contributed by atoms with E-state index in [0.29, 0.717) is 25.3 Å². The van der Waals surface area contributed by atoms with Crippen molar-refractivity contribution < 1.29 is 19.4 Å². The lowest BCUT2D eigenvalue weighted by atomic mass is 10.1. The summed E-state index contributed by atoms with van der Waals surface area (Å²) in [4.78, 5) is 10.8. The van der Waals surface area contributed by atoms with E-state index in [1.54, 1.807) is 6.07 Å². The van der Waals surface area contributed by atoms with Gasteiger partial charge in [-0.1, -0.05) is 36.4 Å². The normalized spacial score (nSPS) is 11.7. The molecule has 1 unspecified atom stereocenters. The van der Waals surface area contributed by atoms with Gasteiger partial charge in [-0.3, -0.25) is 4.79 Å². The molecule has 0 aliphatic heterocycles. The molecule has 6 heteroatoms. The topological polar surface area (TPSA) is 93.8 Å². The number of primary amides is 1. The molecule has 0 aliphatic carbocycles. The first-order chi connectivity index (χ1) is 12.1. The second kappa shape index (κ2) is 10.3. The van der Waals surface area contributed by atoms with Crippen LogP contribution in [0.3, 0.4) is 0 Å². The summed E-state index contributed by atoms with van der Waals surface area (Å²) in [5.41, 5.74) is 6.08. The number of hydrogen-bond acceptors (Lipinski definition) is 5. The molecule has 0 radical (unpaired) electrons. The Balaban J connectivity index is 1.67. The van der Waals surface area contributed by atoms with Crippen molar-refractivity contribution in [2.75, 3.05) is 26.3 Å². The number of ether oxygens (including phenoxy) is 2. The van der Waals surface area contributed by atoms with Crippen LogP contribution in [0.2, 0.25) is 0 Å². The summed E-state index contributed by atoms with van der Waals surface area (Å²) in [6.45, 7) is 1.19. The largest absolute Gasteiger partial charge is 0.491 e. The van der Waals surface area contributed by atoms with E-state index in [9.17, 15) is 9.90 Å². The van der Waals surface area contributed by atoms with Crippen LogP contribution >= 0.6 is 0 Å². The molecule has 134 valence electrons. The van der Waals surface area contributed by atoms with Gasteiger partial charge in [-0.05, 0) is 36.7 Å². The van der Waals surface area contributed by atoms with Gasteiger partial charge in [0.2, 0.25) is 0 Å². The van der Waals surface area contributed by atoms with Gasteiger partial charge in [0.05, 0.1) is 0 Å². The van der Waals surface area contributed by atoms with Gasteiger partial charge < -0.3 is 25.6 Å². The zero-order valence-electron chi connectivity index (χ0n) is 14.1. The Morgan fingerprint density at radius 2 is 1.80 bits per heavy atom. The molecule has 6 nitrogen and oxygen atoms in total. The Morgan fingerprint density at radius 1 is 1.08 bits per heavy atom. The van der Waals surface area contributed by atoms with Crippen molar-refractivity contribution in [2.24, 2.45) is 5.73 Å². The van der Waals surface area contributed by atoms with Crippen molar-refractivity contribution in [3.8, 4) is 11.5 Å². The molecule has 0 heterocycles. The number of benzene rings is 2. The van der Waals surface area contributed by atoms with E-state index in [1.807, 2.05) is 48.5 Å². The Hall–Kier alpha value is -2.57. The molecule has 1 atom stereocenters. The highest BCUT2D eigenvalue weighted by atomic mass is 16.5. The number of nitrogens with two attached hydrogens (primary N) is 1. The second-order valence-electron chi connectivity index (χ2n) is 5.59. The van der Waals surface area contributed by atoms with Crippen molar-refractivity contribution in [1.82, 2.24) is 5.32 Å². The zero-order chi connectivity index (χ0) is 17.9. The van der Waals surface area contributed by atoms with Crippen LogP contribution in [-0.4, -0.2) is 43.4 Å². The van der Waals surface area contributed by atoms with Crippen molar-refractivity contribution in [2.45, 2.75) is 12.5 Å². The molecule has 25 heavy (non-hydrogen) atoms. The predicted molar refractivity (Wildman–Crippen MR) is 95.6 cm³/mol. The second-order valence-corrected chi connectivity index (χ2v) is 5.59. The van der Waals surface area contributed by atoms with E-state index in [0.717, 1.165) is 11.3 Å². The Morgan fingerprint density at radius 3 is 2.56 bits per heavy atom. The van der Waals surface area contributed by atoms with Crippen molar-refractivity contribution in [1.29, 1.82) is 0 Å². The molecule has 1 amide bonds. The van der Waals surface area contributed by atoms with Gasteiger partial charge in [0.15, 0.2) is 6.61 Å². The van der Waals surface area contributed by atoms with Crippen LogP contribution in [0.5, 0.6) is 11.5 Å². The van der Waals surface area contributed by atoms with E-state index < -0.39 is 12.0 Å². The maximum atomic E-state index is 10.8. The van der Waals surface area contributed by atoms with Crippen LogP contribution in [-0.2, 0) is 11.2 Å². The van der Waals surface area contributed by atoms with Crippen LogP contribution in [0.4, 0.5) is 0 Å². The minimum atomic E-state index is -0.596. The average Bonchev–Trinajstić information content (AvgIpc) is 2.63. The number of rotatable bonds is 11. The summed E-state index contributed by atoms with van der Waals surface area (Å²) in [6, 6.07) is 16.9. The fourth-order valence-corrected chi connectivity index (χ4v) is 2.26. The van der Waals surface area contributed by atoms with Crippen molar-refractivity contribution in [3.63, 3.8) is 0 Å². The maximum Gasteiger partial charge on any atom is 0.255 e. The molecule has 2 rings (SSSR count). The van der Waals surface area contributed by atoms with Crippen LogP contribution in [0.25, 0.3) is 0 Å². The summed E-state index contributed by atoms with van der Waals surface area (Å²) in [5.74, 6) is 0.882. The quantitative estimate of drug-likeness (QED) is 0.531. The number of hydrogen-bond donors (Lipinski definition) is 3. The molecule has 2 aromatic carbocycles. The number of para-hydroxylation sites is 2. The van der Waals surface area contributed by atoms with Gasteiger partial charge in [-0.2, -0.15) is 0 Å². The summed E-state index contributed by atoms with van der Waals surface area (Å²) in [7, 11) is 0. The fraction of sp³-hybridized carbons (Fsp3) is 0.316. The van der Waals surface area contributed by atoms with Gasteiger partial charge >= 0.3 is 0 Å². The molecule has 0 bridgehead atoms. The number of nitrogens with one attached hydrogen (secondary N) is 1. The van der Waals surface area contributed by atoms with Crippen LogP contribution in [0, 0.1) is 0 Å². The summed E-state index contributed by atoms with van der Waals surface area (Å²) < 4.78 is 10.9. The number of aliphatic hydroxyl groups is 1. The summed E-state index contributed by atoms with van der Waals surface area (Å²) in [5, 5.41) is 13.1. The third-order valence-electron chi connectivity index (χ3n) is 3.48. The SMILES string of the molecule is NC(=O)COc1ccccc1CCNCC(O)COc1ccccc1. The van der Waals surface area contributed by atoms with E-state index >= 15 is 0 Å². The van der Waals surface area contributed by atoms with Crippen LogP contribution in [0.15, 0.2) is 54.6 Å². The fourth-order valence-electron chi connectivity index (χ4n) is 2.26. The van der Waals surface area contributed by atoms with Gasteiger partial charge in [0.25, 0.3) is 5.91 Å². The lowest BCUT2D eigenvalue weighted by Crippen LogP contribution is -2.32. The molecular weight excluding hydrogens is 320 g/mol. The third kappa shape index (κ3) is 7.24. The monoisotopic (exact) mass is 344 g/mol. The summed E-state index contributed by atoms with van der Waals surface area (Å²) >= 11 is 0. The lowest BCUT2D eigenvalue weighted by Gasteiger charge is -2.14. The number of aliphatic hydroxyl groups excluding tert-OH is 1. The average molecular weight is 344 g/mol. The van der Waals surface area contributed by atoms with Crippen LogP contribution < -0.4 is 20.5 Å². The molecule has 0 saturated heterocycles. The van der Waals surface area contributed by atoms with Crippen LogP contribution in [0.1, 0.15) is 5.56 Å². The first-order valence-electron chi connectivity index (χ1n) is 8.21. The van der Waals surface area contributed by atoms with E-state index in [2.05, 4.69) is 5.32 Å². The standard InChI is InChI=1S/C19H24N2O4/c20-19(23)14-25-18-9-5-4-6-15(18)10-11-21-12-16(22)13-24-17-7-2-1-3-8-17/h1-9,16,21-22H,10-14H2,(H2,20,23). The Kier molecular flexibility index (Phi) is 7.75. The van der Waals surface area contributed by atoms with Crippen molar-refractivity contribution >= 4 is 5.91 Å². The molecule has 0 spiro atoms. The molecule has 0 saturated carbocycles. The first kappa shape index (κ1) is 18.8. The minimum absolute atomic E-state index is 0.139. The van der Waals surface area contributed by atoms with Gasteiger partial charge in [0, 0.05) is 6.54 Å². The van der Waals surface area contributed by atoms with Crippen molar-refractivity contribution in [3.05, 3.63) is 60.2 Å². The Labute approximate surface area is 147 Å². The highest BCUT2D eigenvalue weighted by Crippen LogP contribution is 2.18. The maximum absolute atomic E-state index is 10.8. The van der Waals surface area contributed by atoms with E-state index in [1.165, 1.54) is 0 Å². The molecule has 2 aromatic rings. The van der Waals surface area contributed by atoms with Gasteiger partial charge in [-0.25, -0.2) is 0 Å². The minimum Gasteiger partial charge on any atom is -0.491 e. The number of amides is 1. The van der Waals surface area contributed by atoms with Gasteiger partial charge in [0.1, 0.15) is 24.2 Å². The summed E-state index contributed by atoms with van der Waals surface area (Å²) in [6.07, 6.45) is 0.114. The lowest BCUT2D eigenvalue weighted by molar-refractivity contribution is -0.119. The molecule has 0 aromatic heterocycles. The smallest absolute Gasteiger partial charge is 0.255 e. The number of carbonyl (C=O) groups excluding carboxylic acids is 1. The molecule has 0 aliphatic rings. The third-order valence-corrected chi connectivity index (χ3v) is 3.48. The highest BCUT2D eigenvalue weighted by molar-refractivity contribution is 5.75. The Bertz CT molecular complexity index is 649. The molecular formula is C19H24N2O4. The van der Waals surface area contributed by atoms with E-state index in [4.69, 9.17) is 15.2 Å². The molecule has 0 fully saturated rings. The molecule has 4 N–H and O–H groups in total. The van der Waals surface area contributed by atoms with Gasteiger partial charge in [-0.15, -0.1) is 0 Å². The zero-order valence-corrected chi connectivity index (χ0v) is 14.1. The number of carbonyl (C=O) groups is 1. The highest BCUT2D eigenvalue weighted by Gasteiger charge is 2.07.